The van der Waals surface area contributed by atoms with E-state index >= 15 is 0 Å². The van der Waals surface area contributed by atoms with E-state index in [0.717, 1.165) is 77.5 Å². The topological polar surface area (TPSA) is 64.7 Å². The van der Waals surface area contributed by atoms with Gasteiger partial charge in [-0.3, -0.25) is 0 Å². The second-order valence-electron chi connectivity index (χ2n) is 13.0. The van der Waals surface area contributed by atoms with Crippen LogP contribution in [0.25, 0.3) is 101 Å². The number of hydrogen-bond donors (Lipinski definition) is 0. The van der Waals surface area contributed by atoms with Gasteiger partial charge >= 0.3 is 0 Å². The van der Waals surface area contributed by atoms with Crippen LogP contribution in [0.1, 0.15) is 0 Å². The monoisotopic (exact) mass is 678 g/mol. The predicted octanol–water partition coefficient (Wildman–Crippen LogP) is 12.3. The molecule has 0 bridgehead atoms. The minimum atomic E-state index is 0.610. The molecule has 3 aromatic heterocycles. The molecule has 0 saturated heterocycles. The van der Waals surface area contributed by atoms with Crippen LogP contribution in [0, 0.1) is 0 Å². The molecule has 10 aromatic rings. The normalized spacial score (nSPS) is 11.4. The van der Waals surface area contributed by atoms with E-state index < -0.39 is 0 Å². The summed E-state index contributed by atoms with van der Waals surface area (Å²) in [5, 5.41) is 3.06. The molecule has 7 aromatic carbocycles. The van der Waals surface area contributed by atoms with Gasteiger partial charge in [0.1, 0.15) is 11.2 Å². The summed E-state index contributed by atoms with van der Waals surface area (Å²) in [7, 11) is 0. The minimum Gasteiger partial charge on any atom is -0.455 e. The number of aromatic nitrogens is 4. The second kappa shape index (κ2) is 12.8. The molecule has 0 aliphatic carbocycles. The number of pyridine rings is 1. The lowest BCUT2D eigenvalue weighted by atomic mass is 9.96. The first-order valence-electron chi connectivity index (χ1n) is 17.6. The number of hydrogen-bond acceptors (Lipinski definition) is 5. The smallest absolute Gasteiger partial charge is 0.164 e. The average Bonchev–Trinajstić information content (AvgIpc) is 3.64. The average molecular weight is 679 g/mol. The van der Waals surface area contributed by atoms with Crippen molar-refractivity contribution in [2.24, 2.45) is 0 Å². The van der Waals surface area contributed by atoms with E-state index in [9.17, 15) is 0 Å². The van der Waals surface area contributed by atoms with E-state index in [1.165, 1.54) is 5.56 Å². The van der Waals surface area contributed by atoms with Gasteiger partial charge in [0.2, 0.25) is 0 Å². The first kappa shape index (κ1) is 30.6. The molecule has 0 saturated carbocycles. The molecule has 0 spiro atoms. The maximum absolute atomic E-state index is 6.66. The standard InChI is InChI=1S/C48H30N4O/c1-4-13-31(14-5-1)32-23-27-36(28-24-32)47-50-46(35-17-8-3-9-18-35)51-48(52-47)37-29-25-33(26-30-37)38-20-12-21-40-42(38)45-43(39-19-10-11-22-41(39)53-45)44(49-40)34-15-6-2-7-16-34/h1-30H. The molecular weight excluding hydrogens is 649 g/mol. The molecule has 0 atom stereocenters. The number of nitrogens with zero attached hydrogens (tertiary/aromatic N) is 4. The van der Waals surface area contributed by atoms with Gasteiger partial charge < -0.3 is 4.42 Å². The van der Waals surface area contributed by atoms with Crippen molar-refractivity contribution in [1.29, 1.82) is 0 Å². The summed E-state index contributed by atoms with van der Waals surface area (Å²) in [5.74, 6) is 1.86. The van der Waals surface area contributed by atoms with Gasteiger partial charge in [-0.25, -0.2) is 19.9 Å². The van der Waals surface area contributed by atoms with Gasteiger partial charge in [-0.1, -0.05) is 170 Å². The third-order valence-electron chi connectivity index (χ3n) is 9.75. The van der Waals surface area contributed by atoms with Crippen LogP contribution in [-0.4, -0.2) is 19.9 Å². The Kier molecular flexibility index (Phi) is 7.40. The number of rotatable bonds is 6. The lowest BCUT2D eigenvalue weighted by Crippen LogP contribution is -2.00. The number of para-hydroxylation sites is 1. The zero-order chi connectivity index (χ0) is 35.1. The van der Waals surface area contributed by atoms with Crippen molar-refractivity contribution in [1.82, 2.24) is 19.9 Å². The first-order chi connectivity index (χ1) is 26.3. The van der Waals surface area contributed by atoms with Crippen molar-refractivity contribution in [2.45, 2.75) is 0 Å². The van der Waals surface area contributed by atoms with Gasteiger partial charge in [0, 0.05) is 27.6 Å². The Bertz CT molecular complexity index is 2900. The highest BCUT2D eigenvalue weighted by molar-refractivity contribution is 6.22. The largest absolute Gasteiger partial charge is 0.455 e. The Balaban J connectivity index is 1.09. The van der Waals surface area contributed by atoms with Crippen LogP contribution in [0.4, 0.5) is 0 Å². The fraction of sp³-hybridized carbons (Fsp3) is 0. The van der Waals surface area contributed by atoms with Gasteiger partial charge in [-0.2, -0.15) is 0 Å². The molecule has 0 aliphatic rings. The summed E-state index contributed by atoms with van der Waals surface area (Å²) in [6.45, 7) is 0. The Labute approximate surface area is 305 Å². The van der Waals surface area contributed by atoms with Crippen molar-refractivity contribution in [2.75, 3.05) is 0 Å². The van der Waals surface area contributed by atoms with Crippen LogP contribution < -0.4 is 0 Å². The number of benzene rings is 7. The summed E-state index contributed by atoms with van der Waals surface area (Å²) in [6.07, 6.45) is 0. The Hall–Kier alpha value is -7.24. The summed E-state index contributed by atoms with van der Waals surface area (Å²) in [6, 6.07) is 62.1. The summed E-state index contributed by atoms with van der Waals surface area (Å²) in [4.78, 5) is 20.2. The number of fused-ring (bicyclic) bond motifs is 5. The summed E-state index contributed by atoms with van der Waals surface area (Å²) < 4.78 is 6.66. The van der Waals surface area contributed by atoms with E-state index in [1.807, 2.05) is 66.7 Å². The Morgan fingerprint density at radius 3 is 1.42 bits per heavy atom. The lowest BCUT2D eigenvalue weighted by molar-refractivity contribution is 0.672. The maximum atomic E-state index is 6.66. The molecule has 0 amide bonds. The van der Waals surface area contributed by atoms with Crippen LogP contribution in [0.3, 0.4) is 0 Å². The molecule has 3 heterocycles. The molecule has 248 valence electrons. The van der Waals surface area contributed by atoms with E-state index in [1.54, 1.807) is 0 Å². The van der Waals surface area contributed by atoms with Crippen LogP contribution in [0.5, 0.6) is 0 Å². The van der Waals surface area contributed by atoms with Crippen LogP contribution >= 0.6 is 0 Å². The van der Waals surface area contributed by atoms with Crippen molar-refractivity contribution in [3.05, 3.63) is 182 Å². The quantitative estimate of drug-likeness (QED) is 0.175. The lowest BCUT2D eigenvalue weighted by Gasteiger charge is -2.12. The van der Waals surface area contributed by atoms with Crippen LogP contribution in [0.2, 0.25) is 0 Å². The van der Waals surface area contributed by atoms with Gasteiger partial charge in [0.05, 0.1) is 22.0 Å². The van der Waals surface area contributed by atoms with Crippen LogP contribution in [0.15, 0.2) is 186 Å². The van der Waals surface area contributed by atoms with Gasteiger partial charge in [-0.15, -0.1) is 0 Å². The SMILES string of the molecule is c1ccc(-c2ccc(-c3nc(-c4ccccc4)nc(-c4ccc(-c5cccc6nc(-c7ccccc7)c7c8ccccc8oc7c56)cc4)n3)cc2)cc1. The van der Waals surface area contributed by atoms with E-state index in [-0.39, 0.29) is 0 Å². The third-order valence-corrected chi connectivity index (χ3v) is 9.75. The predicted molar refractivity (Wildman–Crippen MR) is 215 cm³/mol. The third kappa shape index (κ3) is 5.52. The molecular formula is C48H30N4O. The zero-order valence-electron chi connectivity index (χ0n) is 28.5. The molecule has 0 N–H and O–H groups in total. The zero-order valence-corrected chi connectivity index (χ0v) is 28.5. The van der Waals surface area contributed by atoms with Gasteiger partial charge in [-0.05, 0) is 34.4 Å². The molecule has 5 nitrogen and oxygen atoms in total. The summed E-state index contributed by atoms with van der Waals surface area (Å²) in [5.41, 5.74) is 11.7. The molecule has 53 heavy (non-hydrogen) atoms. The fourth-order valence-electron chi connectivity index (χ4n) is 7.14. The first-order valence-corrected chi connectivity index (χ1v) is 17.6. The van der Waals surface area contributed by atoms with Gasteiger partial charge in [0.25, 0.3) is 0 Å². The van der Waals surface area contributed by atoms with Crippen molar-refractivity contribution in [3.8, 4) is 67.7 Å². The van der Waals surface area contributed by atoms with Crippen molar-refractivity contribution >= 4 is 32.8 Å². The highest BCUT2D eigenvalue weighted by Gasteiger charge is 2.20. The maximum Gasteiger partial charge on any atom is 0.164 e. The van der Waals surface area contributed by atoms with Gasteiger partial charge in [0.15, 0.2) is 17.5 Å². The Morgan fingerprint density at radius 1 is 0.321 bits per heavy atom. The molecule has 0 unspecified atom stereocenters. The van der Waals surface area contributed by atoms with Crippen molar-refractivity contribution in [3.63, 3.8) is 0 Å². The summed E-state index contributed by atoms with van der Waals surface area (Å²) >= 11 is 0. The Morgan fingerprint density at radius 2 is 0.792 bits per heavy atom. The molecule has 5 heteroatoms. The van der Waals surface area contributed by atoms with E-state index in [2.05, 4.69) is 115 Å². The fourth-order valence-corrected chi connectivity index (χ4v) is 7.14. The van der Waals surface area contributed by atoms with Crippen LogP contribution in [-0.2, 0) is 0 Å². The highest BCUT2D eigenvalue weighted by atomic mass is 16.3. The molecule has 0 aliphatic heterocycles. The highest BCUT2D eigenvalue weighted by Crippen LogP contribution is 2.42. The molecule has 10 rings (SSSR count). The molecule has 0 radical (unpaired) electrons. The second-order valence-corrected chi connectivity index (χ2v) is 13.0. The van der Waals surface area contributed by atoms with E-state index in [4.69, 9.17) is 24.4 Å². The minimum absolute atomic E-state index is 0.610. The number of furan rings is 1. The van der Waals surface area contributed by atoms with Crippen molar-refractivity contribution < 1.29 is 4.42 Å². The van der Waals surface area contributed by atoms with E-state index in [0.29, 0.717) is 17.5 Å². The molecule has 0 fully saturated rings.